The van der Waals surface area contributed by atoms with Gasteiger partial charge in [-0.15, -0.1) is 0 Å². The molecule has 0 saturated heterocycles. The first-order valence-electron chi connectivity index (χ1n) is 13.9. The first kappa shape index (κ1) is 28.0. The van der Waals surface area contributed by atoms with E-state index in [2.05, 4.69) is 10.6 Å². The second kappa shape index (κ2) is 11.9. The van der Waals surface area contributed by atoms with Crippen molar-refractivity contribution in [3.8, 4) is 17.2 Å². The van der Waals surface area contributed by atoms with E-state index in [1.807, 2.05) is 87.5 Å². The standard InChI is InChI=1S/C34H36N2O5/c1-6-41-25-14-11-22(12-15-25)32-31(34(38)36-26-10-8-7-9-20(26)2)21(3)35-27-17-24(18-28(37)33(27)32)23-13-16-29(39-4)30(19-23)40-5/h7-16,19,24,32,35H,6,17-18H2,1-5H3,(H,36,38)/t24-,32-/m1/s1. The number of aryl methyl sites for hydroxylation is 1. The molecule has 2 atom stereocenters. The highest BCUT2D eigenvalue weighted by atomic mass is 16.5. The molecule has 5 rings (SSSR count). The van der Waals surface area contributed by atoms with Gasteiger partial charge >= 0.3 is 0 Å². The molecule has 0 spiro atoms. The highest BCUT2D eigenvalue weighted by molar-refractivity contribution is 6.10. The molecule has 2 N–H and O–H groups in total. The van der Waals surface area contributed by atoms with Crippen LogP contribution in [0.15, 0.2) is 89.3 Å². The Hall–Kier alpha value is -4.52. The number of nitrogens with one attached hydrogen (secondary N) is 2. The molecule has 7 heteroatoms. The van der Waals surface area contributed by atoms with Gasteiger partial charge in [-0.3, -0.25) is 9.59 Å². The maximum Gasteiger partial charge on any atom is 0.254 e. The molecule has 7 nitrogen and oxygen atoms in total. The third-order valence-electron chi connectivity index (χ3n) is 7.87. The number of methoxy groups -OCH3 is 2. The molecule has 0 unspecified atom stereocenters. The largest absolute Gasteiger partial charge is 0.494 e. The predicted molar refractivity (Wildman–Crippen MR) is 160 cm³/mol. The van der Waals surface area contributed by atoms with Crippen molar-refractivity contribution in [1.82, 2.24) is 5.32 Å². The molecule has 0 saturated carbocycles. The summed E-state index contributed by atoms with van der Waals surface area (Å²) in [7, 11) is 3.21. The van der Waals surface area contributed by atoms with Gasteiger partial charge in [-0.25, -0.2) is 0 Å². The van der Waals surface area contributed by atoms with Crippen molar-refractivity contribution in [2.75, 3.05) is 26.1 Å². The number of ketones is 1. The first-order chi connectivity index (χ1) is 19.8. The molecule has 0 radical (unpaired) electrons. The lowest BCUT2D eigenvalue weighted by molar-refractivity contribution is -0.116. The monoisotopic (exact) mass is 552 g/mol. The highest BCUT2D eigenvalue weighted by Gasteiger charge is 2.41. The first-order valence-corrected chi connectivity index (χ1v) is 13.9. The van der Waals surface area contributed by atoms with Gasteiger partial charge in [0, 0.05) is 40.6 Å². The van der Waals surface area contributed by atoms with Crippen LogP contribution in [0, 0.1) is 6.92 Å². The number of para-hydroxylation sites is 1. The van der Waals surface area contributed by atoms with Crippen molar-refractivity contribution in [3.63, 3.8) is 0 Å². The van der Waals surface area contributed by atoms with Gasteiger partial charge in [-0.2, -0.15) is 0 Å². The minimum absolute atomic E-state index is 0.0195. The number of ether oxygens (including phenoxy) is 3. The van der Waals surface area contributed by atoms with Crippen molar-refractivity contribution >= 4 is 17.4 Å². The van der Waals surface area contributed by atoms with Crippen molar-refractivity contribution < 1.29 is 23.8 Å². The van der Waals surface area contributed by atoms with Crippen LogP contribution < -0.4 is 24.8 Å². The molecule has 1 amide bonds. The zero-order chi connectivity index (χ0) is 29.1. The van der Waals surface area contributed by atoms with E-state index < -0.39 is 5.92 Å². The van der Waals surface area contributed by atoms with E-state index in [1.165, 1.54) is 0 Å². The molecule has 0 aromatic heterocycles. The molecule has 3 aromatic carbocycles. The van der Waals surface area contributed by atoms with Gasteiger partial charge in [-0.1, -0.05) is 36.4 Å². The van der Waals surface area contributed by atoms with Crippen LogP contribution in [0.3, 0.4) is 0 Å². The Bertz CT molecular complexity index is 1540. The van der Waals surface area contributed by atoms with Crippen molar-refractivity contribution in [1.29, 1.82) is 0 Å². The Morgan fingerprint density at radius 1 is 0.927 bits per heavy atom. The maximum atomic E-state index is 14.0. The summed E-state index contributed by atoms with van der Waals surface area (Å²) >= 11 is 0. The number of hydrogen-bond acceptors (Lipinski definition) is 6. The van der Waals surface area contributed by atoms with Gasteiger partial charge in [-0.05, 0) is 80.1 Å². The summed E-state index contributed by atoms with van der Waals surface area (Å²) in [6, 6.07) is 21.2. The molecule has 1 aliphatic heterocycles. The predicted octanol–water partition coefficient (Wildman–Crippen LogP) is 6.41. The number of carbonyl (C=O) groups is 2. The third-order valence-corrected chi connectivity index (χ3v) is 7.87. The van der Waals surface area contributed by atoms with Crippen LogP contribution >= 0.6 is 0 Å². The molecule has 0 bridgehead atoms. The lowest BCUT2D eigenvalue weighted by Gasteiger charge is -2.37. The number of rotatable bonds is 8. The molecule has 212 valence electrons. The Labute approximate surface area is 241 Å². The average molecular weight is 553 g/mol. The Morgan fingerprint density at radius 3 is 2.32 bits per heavy atom. The van der Waals surface area contributed by atoms with Gasteiger partial charge in [0.25, 0.3) is 5.91 Å². The summed E-state index contributed by atoms with van der Waals surface area (Å²) in [6.45, 7) is 6.36. The minimum Gasteiger partial charge on any atom is -0.494 e. The minimum atomic E-state index is -0.509. The lowest BCUT2D eigenvalue weighted by Crippen LogP contribution is -2.37. The fourth-order valence-corrected chi connectivity index (χ4v) is 5.84. The quantitative estimate of drug-likeness (QED) is 0.336. The van der Waals surface area contributed by atoms with E-state index in [1.54, 1.807) is 14.2 Å². The fourth-order valence-electron chi connectivity index (χ4n) is 5.84. The normalized spacial score (nSPS) is 18.4. The van der Waals surface area contributed by atoms with Crippen LogP contribution in [-0.4, -0.2) is 32.5 Å². The topological polar surface area (TPSA) is 85.9 Å². The Kier molecular flexibility index (Phi) is 8.15. The number of allylic oxidation sites excluding steroid dienone is 3. The second-order valence-electron chi connectivity index (χ2n) is 10.4. The number of dihydropyridines is 1. The van der Waals surface area contributed by atoms with Crippen LogP contribution in [0.4, 0.5) is 5.69 Å². The van der Waals surface area contributed by atoms with Crippen LogP contribution in [0.1, 0.15) is 55.2 Å². The maximum absolute atomic E-state index is 14.0. The van der Waals surface area contributed by atoms with Crippen molar-refractivity contribution in [2.45, 2.75) is 45.4 Å². The molecular formula is C34H36N2O5. The van der Waals surface area contributed by atoms with E-state index >= 15 is 0 Å². The summed E-state index contributed by atoms with van der Waals surface area (Å²) in [4.78, 5) is 27.9. The summed E-state index contributed by atoms with van der Waals surface area (Å²) in [5.41, 5.74) is 6.35. The Balaban J connectivity index is 1.55. The zero-order valence-electron chi connectivity index (χ0n) is 24.2. The second-order valence-corrected chi connectivity index (χ2v) is 10.4. The Morgan fingerprint density at radius 2 is 1.63 bits per heavy atom. The average Bonchev–Trinajstić information content (AvgIpc) is 2.97. The summed E-state index contributed by atoms with van der Waals surface area (Å²) in [5, 5.41) is 6.55. The van der Waals surface area contributed by atoms with Crippen molar-refractivity contribution in [2.24, 2.45) is 0 Å². The van der Waals surface area contributed by atoms with Crippen LogP contribution in [0.5, 0.6) is 17.2 Å². The molecule has 0 fully saturated rings. The summed E-state index contributed by atoms with van der Waals surface area (Å²) in [5.74, 6) is 1.26. The van der Waals surface area contributed by atoms with E-state index in [0.29, 0.717) is 42.1 Å². The molecule has 2 aliphatic rings. The lowest BCUT2D eigenvalue weighted by atomic mass is 9.71. The van der Waals surface area contributed by atoms with Gasteiger partial charge in [0.05, 0.1) is 20.8 Å². The highest BCUT2D eigenvalue weighted by Crippen LogP contribution is 2.46. The van der Waals surface area contributed by atoms with Crippen LogP contribution in [0.2, 0.25) is 0 Å². The molecule has 41 heavy (non-hydrogen) atoms. The molecule has 1 aliphatic carbocycles. The number of Topliss-reactive ketones (excluding diaryl/α,β-unsaturated/α-hetero) is 1. The zero-order valence-corrected chi connectivity index (χ0v) is 24.2. The number of amides is 1. The number of hydrogen-bond donors (Lipinski definition) is 2. The van der Waals surface area contributed by atoms with E-state index in [-0.39, 0.29) is 17.6 Å². The van der Waals surface area contributed by atoms with Gasteiger partial charge < -0.3 is 24.8 Å². The van der Waals surface area contributed by atoms with E-state index in [0.717, 1.165) is 39.5 Å². The van der Waals surface area contributed by atoms with Gasteiger partial charge in [0.2, 0.25) is 0 Å². The van der Waals surface area contributed by atoms with E-state index in [9.17, 15) is 9.59 Å². The SMILES string of the molecule is CCOc1ccc([C@@H]2C(C(=O)Nc3ccccc3C)=C(C)NC3=C2C(=O)C[C@H](c2ccc(OC)c(OC)c2)C3)cc1. The molecule has 1 heterocycles. The van der Waals surface area contributed by atoms with Gasteiger partial charge in [0.1, 0.15) is 5.75 Å². The number of benzene rings is 3. The van der Waals surface area contributed by atoms with Gasteiger partial charge in [0.15, 0.2) is 17.3 Å². The summed E-state index contributed by atoms with van der Waals surface area (Å²) in [6.07, 6.45) is 0.962. The summed E-state index contributed by atoms with van der Waals surface area (Å²) < 4.78 is 16.6. The van der Waals surface area contributed by atoms with Crippen LogP contribution in [-0.2, 0) is 9.59 Å². The van der Waals surface area contributed by atoms with Crippen molar-refractivity contribution in [3.05, 3.63) is 106 Å². The van der Waals surface area contributed by atoms with Crippen LogP contribution in [0.25, 0.3) is 0 Å². The smallest absolute Gasteiger partial charge is 0.254 e. The van der Waals surface area contributed by atoms with E-state index in [4.69, 9.17) is 14.2 Å². The number of anilines is 1. The molecular weight excluding hydrogens is 516 g/mol. The number of carbonyl (C=O) groups excluding carboxylic acids is 2. The molecule has 3 aromatic rings. The fraction of sp³-hybridized carbons (Fsp3) is 0.294. The third kappa shape index (κ3) is 5.57.